The van der Waals surface area contributed by atoms with E-state index >= 15 is 0 Å². The van der Waals surface area contributed by atoms with Crippen molar-refractivity contribution in [3.8, 4) is 11.8 Å². The van der Waals surface area contributed by atoms with Crippen LogP contribution in [-0.4, -0.2) is 35.3 Å². The maximum absolute atomic E-state index is 8.89. The maximum Gasteiger partial charge on any atom is 0.177 e. The number of benzene rings is 2. The van der Waals surface area contributed by atoms with Crippen molar-refractivity contribution in [3.05, 3.63) is 71.5 Å². The van der Waals surface area contributed by atoms with Crippen LogP contribution in [-0.2, 0) is 11.3 Å². The summed E-state index contributed by atoms with van der Waals surface area (Å²) in [6, 6.07) is 17.5. The number of anilines is 1. The lowest BCUT2D eigenvalue weighted by Crippen LogP contribution is -2.23. The van der Waals surface area contributed by atoms with Crippen molar-refractivity contribution in [2.75, 3.05) is 25.2 Å². The van der Waals surface area contributed by atoms with Crippen molar-refractivity contribution in [3.63, 3.8) is 0 Å². The number of methoxy groups -OCH3 is 1. The predicted octanol–water partition coefficient (Wildman–Crippen LogP) is 2.74. The van der Waals surface area contributed by atoms with Crippen molar-refractivity contribution in [1.29, 1.82) is 5.26 Å². The summed E-state index contributed by atoms with van der Waals surface area (Å²) >= 11 is 0. The van der Waals surface area contributed by atoms with Gasteiger partial charge in [0.1, 0.15) is 11.4 Å². The molecule has 1 fully saturated rings. The van der Waals surface area contributed by atoms with E-state index in [4.69, 9.17) is 14.7 Å². The second kappa shape index (κ2) is 7.48. The Bertz CT molecular complexity index is 961. The maximum atomic E-state index is 8.89. The standard InChI is InChI=1S/C20H19N5O2/c1-26-18-4-2-3-17(11-18)25-9-10-27-20(25)19-14-24(23-22-19)13-16-7-5-15(12-21)6-8-16/h2-8,11,14,20H,9-10,13H2,1H3. The highest BCUT2D eigenvalue weighted by Crippen LogP contribution is 2.32. The molecule has 2 aromatic carbocycles. The van der Waals surface area contributed by atoms with E-state index in [1.165, 1.54) is 0 Å². The summed E-state index contributed by atoms with van der Waals surface area (Å²) in [7, 11) is 1.66. The van der Waals surface area contributed by atoms with Gasteiger partial charge >= 0.3 is 0 Å². The Morgan fingerprint density at radius 1 is 1.26 bits per heavy atom. The molecule has 1 atom stereocenters. The Balaban J connectivity index is 1.52. The molecule has 0 radical (unpaired) electrons. The van der Waals surface area contributed by atoms with E-state index in [2.05, 4.69) is 21.3 Å². The molecule has 0 aliphatic carbocycles. The van der Waals surface area contributed by atoms with Gasteiger partial charge in [0.15, 0.2) is 6.23 Å². The van der Waals surface area contributed by atoms with Gasteiger partial charge in [-0.3, -0.25) is 0 Å². The second-order valence-corrected chi connectivity index (χ2v) is 6.27. The zero-order valence-corrected chi connectivity index (χ0v) is 14.9. The van der Waals surface area contributed by atoms with Crippen molar-refractivity contribution in [2.45, 2.75) is 12.8 Å². The fourth-order valence-electron chi connectivity index (χ4n) is 3.14. The van der Waals surface area contributed by atoms with Gasteiger partial charge in [0.25, 0.3) is 0 Å². The number of rotatable bonds is 5. The van der Waals surface area contributed by atoms with Crippen LogP contribution in [0.25, 0.3) is 0 Å². The van der Waals surface area contributed by atoms with E-state index in [-0.39, 0.29) is 6.23 Å². The van der Waals surface area contributed by atoms with Crippen LogP contribution in [0.3, 0.4) is 0 Å². The zero-order chi connectivity index (χ0) is 18.6. The SMILES string of the molecule is COc1cccc(N2CCOC2c2cn(Cc3ccc(C#N)cc3)nn2)c1. The van der Waals surface area contributed by atoms with Crippen LogP contribution < -0.4 is 9.64 Å². The molecule has 136 valence electrons. The molecule has 1 saturated heterocycles. The Kier molecular flexibility index (Phi) is 4.73. The third-order valence-electron chi connectivity index (χ3n) is 4.51. The molecule has 0 bridgehead atoms. The summed E-state index contributed by atoms with van der Waals surface area (Å²) in [5.74, 6) is 0.808. The molecule has 1 aliphatic rings. The number of hydrogen-bond donors (Lipinski definition) is 0. The van der Waals surface area contributed by atoms with Gasteiger partial charge in [0.2, 0.25) is 0 Å². The summed E-state index contributed by atoms with van der Waals surface area (Å²) < 4.78 is 13.0. The quantitative estimate of drug-likeness (QED) is 0.695. The van der Waals surface area contributed by atoms with Gasteiger partial charge in [-0.2, -0.15) is 5.26 Å². The minimum absolute atomic E-state index is 0.271. The third-order valence-corrected chi connectivity index (χ3v) is 4.51. The minimum Gasteiger partial charge on any atom is -0.497 e. The summed E-state index contributed by atoms with van der Waals surface area (Å²) in [6.07, 6.45) is 1.63. The number of ether oxygens (including phenoxy) is 2. The molecule has 0 spiro atoms. The van der Waals surface area contributed by atoms with Crippen molar-refractivity contribution < 1.29 is 9.47 Å². The molecule has 1 aromatic heterocycles. The molecule has 4 rings (SSSR count). The number of nitrogens with zero attached hydrogens (tertiary/aromatic N) is 5. The molecular weight excluding hydrogens is 342 g/mol. The Morgan fingerprint density at radius 3 is 2.89 bits per heavy atom. The van der Waals surface area contributed by atoms with Crippen LogP contribution in [0, 0.1) is 11.3 Å². The first kappa shape index (κ1) is 17.1. The average molecular weight is 361 g/mol. The first-order valence-electron chi connectivity index (χ1n) is 8.68. The van der Waals surface area contributed by atoms with Crippen molar-refractivity contribution in [1.82, 2.24) is 15.0 Å². The smallest absolute Gasteiger partial charge is 0.177 e. The normalized spacial score (nSPS) is 16.3. The van der Waals surface area contributed by atoms with Crippen molar-refractivity contribution in [2.24, 2.45) is 0 Å². The van der Waals surface area contributed by atoms with Gasteiger partial charge in [-0.15, -0.1) is 5.10 Å². The monoisotopic (exact) mass is 361 g/mol. The summed E-state index contributed by atoms with van der Waals surface area (Å²) in [4.78, 5) is 2.15. The van der Waals surface area contributed by atoms with E-state index < -0.39 is 0 Å². The van der Waals surface area contributed by atoms with E-state index in [1.54, 1.807) is 23.9 Å². The predicted molar refractivity (Wildman–Crippen MR) is 99.3 cm³/mol. The highest BCUT2D eigenvalue weighted by molar-refractivity contribution is 5.52. The Labute approximate surface area is 157 Å². The topological polar surface area (TPSA) is 76.2 Å². The first-order chi connectivity index (χ1) is 13.3. The lowest BCUT2D eigenvalue weighted by molar-refractivity contribution is 0.110. The largest absolute Gasteiger partial charge is 0.497 e. The van der Waals surface area contributed by atoms with Gasteiger partial charge in [-0.25, -0.2) is 4.68 Å². The van der Waals surface area contributed by atoms with E-state index in [9.17, 15) is 0 Å². The molecule has 0 N–H and O–H groups in total. The molecule has 7 nitrogen and oxygen atoms in total. The molecular formula is C20H19N5O2. The van der Waals surface area contributed by atoms with Gasteiger partial charge in [0, 0.05) is 18.3 Å². The van der Waals surface area contributed by atoms with Crippen LogP contribution in [0.1, 0.15) is 23.0 Å². The molecule has 27 heavy (non-hydrogen) atoms. The van der Waals surface area contributed by atoms with Gasteiger partial charge in [-0.1, -0.05) is 23.4 Å². The first-order valence-corrected chi connectivity index (χ1v) is 8.68. The third kappa shape index (κ3) is 3.61. The zero-order valence-electron chi connectivity index (χ0n) is 14.9. The number of hydrogen-bond acceptors (Lipinski definition) is 6. The fourth-order valence-corrected chi connectivity index (χ4v) is 3.14. The molecule has 1 unspecified atom stereocenters. The average Bonchev–Trinajstić information content (AvgIpc) is 3.38. The molecule has 7 heteroatoms. The van der Waals surface area contributed by atoms with E-state index in [0.29, 0.717) is 18.7 Å². The fraction of sp³-hybridized carbons (Fsp3) is 0.250. The van der Waals surface area contributed by atoms with Crippen molar-refractivity contribution >= 4 is 5.69 Å². The van der Waals surface area contributed by atoms with Crippen LogP contribution in [0.2, 0.25) is 0 Å². The highest BCUT2D eigenvalue weighted by Gasteiger charge is 2.29. The summed E-state index contributed by atoms with van der Waals surface area (Å²) in [5.41, 5.74) is 3.50. The molecule has 3 aromatic rings. The number of nitriles is 1. The Hall–Kier alpha value is -3.37. The Morgan fingerprint density at radius 2 is 2.11 bits per heavy atom. The van der Waals surface area contributed by atoms with Crippen LogP contribution in [0.5, 0.6) is 5.75 Å². The van der Waals surface area contributed by atoms with Crippen LogP contribution in [0.15, 0.2) is 54.7 Å². The molecule has 2 heterocycles. The number of aromatic nitrogens is 3. The van der Waals surface area contributed by atoms with Gasteiger partial charge in [0.05, 0.1) is 38.1 Å². The van der Waals surface area contributed by atoms with Crippen LogP contribution in [0.4, 0.5) is 5.69 Å². The summed E-state index contributed by atoms with van der Waals surface area (Å²) in [5, 5.41) is 17.4. The van der Waals surface area contributed by atoms with Gasteiger partial charge in [-0.05, 0) is 29.8 Å². The van der Waals surface area contributed by atoms with Gasteiger partial charge < -0.3 is 14.4 Å². The lowest BCUT2D eigenvalue weighted by Gasteiger charge is -2.23. The molecule has 0 saturated carbocycles. The van der Waals surface area contributed by atoms with E-state index in [0.717, 1.165) is 29.2 Å². The molecule has 1 aliphatic heterocycles. The second-order valence-electron chi connectivity index (χ2n) is 6.27. The lowest BCUT2D eigenvalue weighted by atomic mass is 10.1. The van der Waals surface area contributed by atoms with Crippen LogP contribution >= 0.6 is 0 Å². The van der Waals surface area contributed by atoms with E-state index in [1.807, 2.05) is 42.6 Å². The minimum atomic E-state index is -0.271. The highest BCUT2D eigenvalue weighted by atomic mass is 16.5. The summed E-state index contributed by atoms with van der Waals surface area (Å²) in [6.45, 7) is 2.00. The molecule has 0 amide bonds.